The molecule has 0 unspecified atom stereocenters. The van der Waals surface area contributed by atoms with Crippen molar-refractivity contribution in [3.05, 3.63) is 40.7 Å². The Bertz CT molecular complexity index is 594. The smallest absolute Gasteiger partial charge is 0.145 e. The summed E-state index contributed by atoms with van der Waals surface area (Å²) >= 11 is 6.13. The van der Waals surface area contributed by atoms with Crippen molar-refractivity contribution in [1.29, 1.82) is 0 Å². The average molecular weight is 278 g/mol. The number of anilines is 1. The number of nitrogens with zero attached hydrogens (tertiary/aromatic N) is 2. The van der Waals surface area contributed by atoms with E-state index in [-0.39, 0.29) is 0 Å². The van der Waals surface area contributed by atoms with Gasteiger partial charge in [-0.25, -0.2) is 0 Å². The van der Waals surface area contributed by atoms with Gasteiger partial charge in [0.1, 0.15) is 5.75 Å². The molecule has 5 heteroatoms. The van der Waals surface area contributed by atoms with Crippen LogP contribution >= 0.6 is 11.6 Å². The Morgan fingerprint density at radius 1 is 1.47 bits per heavy atom. The maximum atomic E-state index is 6.13. The van der Waals surface area contributed by atoms with Gasteiger partial charge in [0.2, 0.25) is 0 Å². The fourth-order valence-corrected chi connectivity index (χ4v) is 2.62. The molecule has 1 aromatic heterocycles. The first-order valence-electron chi connectivity index (χ1n) is 6.47. The van der Waals surface area contributed by atoms with Crippen LogP contribution < -0.4 is 10.1 Å². The lowest BCUT2D eigenvalue weighted by Crippen LogP contribution is -2.08. The number of rotatable bonds is 4. The predicted molar refractivity (Wildman–Crippen MR) is 75.9 cm³/mol. The Balaban J connectivity index is 1.81. The molecule has 0 saturated carbocycles. The van der Waals surface area contributed by atoms with Crippen LogP contribution in [0.2, 0.25) is 5.02 Å². The standard InChI is InChI=1S/C14H16ClN3O/c1-2-18-12(3-5-17-18)9-16-13-8-11(15)7-10-4-6-19-14(10)13/h3,5,7-8,16H,2,4,6,9H2,1H3. The summed E-state index contributed by atoms with van der Waals surface area (Å²) in [5.41, 5.74) is 3.29. The van der Waals surface area contributed by atoms with E-state index in [1.165, 1.54) is 5.56 Å². The number of aromatic nitrogens is 2. The first-order valence-corrected chi connectivity index (χ1v) is 6.85. The molecule has 0 spiro atoms. The Morgan fingerprint density at radius 3 is 3.21 bits per heavy atom. The van der Waals surface area contributed by atoms with Crippen LogP contribution in [0, 0.1) is 0 Å². The number of halogens is 1. The number of hydrogen-bond donors (Lipinski definition) is 1. The number of ether oxygens (including phenoxy) is 1. The molecule has 4 nitrogen and oxygen atoms in total. The maximum Gasteiger partial charge on any atom is 0.145 e. The number of hydrogen-bond acceptors (Lipinski definition) is 3. The van der Waals surface area contributed by atoms with Gasteiger partial charge >= 0.3 is 0 Å². The SMILES string of the molecule is CCn1nccc1CNc1cc(Cl)cc2c1OCC2. The van der Waals surface area contributed by atoms with Gasteiger partial charge in [-0.05, 0) is 25.1 Å². The van der Waals surface area contributed by atoms with Crippen LogP contribution in [0.5, 0.6) is 5.75 Å². The second-order valence-electron chi connectivity index (χ2n) is 4.53. The molecule has 100 valence electrons. The summed E-state index contributed by atoms with van der Waals surface area (Å²) in [5, 5.41) is 8.40. The molecule has 0 fully saturated rings. The lowest BCUT2D eigenvalue weighted by molar-refractivity contribution is 0.358. The van der Waals surface area contributed by atoms with Crippen LogP contribution in [0.3, 0.4) is 0 Å². The largest absolute Gasteiger partial charge is 0.491 e. The van der Waals surface area contributed by atoms with Gasteiger partial charge in [0, 0.05) is 29.7 Å². The lowest BCUT2D eigenvalue weighted by atomic mass is 10.1. The zero-order chi connectivity index (χ0) is 13.2. The summed E-state index contributed by atoms with van der Waals surface area (Å²) < 4.78 is 7.64. The third-order valence-corrected chi connectivity index (χ3v) is 3.53. The molecule has 0 amide bonds. The van der Waals surface area contributed by atoms with Crippen LogP contribution in [-0.4, -0.2) is 16.4 Å². The van der Waals surface area contributed by atoms with E-state index in [0.717, 1.165) is 41.7 Å². The molecule has 1 aliphatic heterocycles. The lowest BCUT2D eigenvalue weighted by Gasteiger charge is -2.12. The van der Waals surface area contributed by atoms with Gasteiger partial charge in [0.05, 0.1) is 24.5 Å². The molecule has 0 bridgehead atoms. The normalized spacial score (nSPS) is 13.2. The average Bonchev–Trinajstić information content (AvgIpc) is 3.03. The molecule has 1 aromatic carbocycles. The van der Waals surface area contributed by atoms with E-state index >= 15 is 0 Å². The minimum atomic E-state index is 0.712. The van der Waals surface area contributed by atoms with Crippen LogP contribution in [0.4, 0.5) is 5.69 Å². The van der Waals surface area contributed by atoms with Gasteiger partial charge in [0.15, 0.2) is 0 Å². The fourth-order valence-electron chi connectivity index (χ4n) is 2.38. The molecule has 2 aromatic rings. The Kier molecular flexibility index (Phi) is 3.34. The van der Waals surface area contributed by atoms with E-state index in [1.54, 1.807) is 0 Å². The van der Waals surface area contributed by atoms with Crippen molar-refractivity contribution in [3.63, 3.8) is 0 Å². The van der Waals surface area contributed by atoms with Crippen molar-refractivity contribution < 1.29 is 4.74 Å². The highest BCUT2D eigenvalue weighted by Gasteiger charge is 2.17. The van der Waals surface area contributed by atoms with Gasteiger partial charge in [-0.15, -0.1) is 0 Å². The van der Waals surface area contributed by atoms with Crippen LogP contribution in [0.15, 0.2) is 24.4 Å². The molecule has 1 N–H and O–H groups in total. The molecule has 3 rings (SSSR count). The van der Waals surface area contributed by atoms with Crippen molar-refractivity contribution >= 4 is 17.3 Å². The van der Waals surface area contributed by atoms with E-state index in [4.69, 9.17) is 16.3 Å². The van der Waals surface area contributed by atoms with Gasteiger partial charge in [0.25, 0.3) is 0 Å². The van der Waals surface area contributed by atoms with Crippen molar-refractivity contribution in [2.45, 2.75) is 26.4 Å². The molecule has 1 aliphatic rings. The summed E-state index contributed by atoms with van der Waals surface area (Å²) in [5.74, 6) is 0.937. The first kappa shape index (κ1) is 12.4. The van der Waals surface area contributed by atoms with Crippen molar-refractivity contribution in [2.24, 2.45) is 0 Å². The van der Waals surface area contributed by atoms with Crippen molar-refractivity contribution in [2.75, 3.05) is 11.9 Å². The van der Waals surface area contributed by atoms with Gasteiger partial charge in [-0.3, -0.25) is 4.68 Å². The number of nitrogens with one attached hydrogen (secondary N) is 1. The third kappa shape index (κ3) is 2.40. The summed E-state index contributed by atoms with van der Waals surface area (Å²) in [6, 6.07) is 5.91. The number of benzene rings is 1. The molecular weight excluding hydrogens is 262 g/mol. The van der Waals surface area contributed by atoms with Crippen LogP contribution in [0.25, 0.3) is 0 Å². The number of fused-ring (bicyclic) bond motifs is 1. The monoisotopic (exact) mass is 277 g/mol. The van der Waals surface area contributed by atoms with Crippen molar-refractivity contribution in [1.82, 2.24) is 9.78 Å². The Hall–Kier alpha value is -1.68. The molecule has 0 aliphatic carbocycles. The van der Waals surface area contributed by atoms with Crippen LogP contribution in [0.1, 0.15) is 18.2 Å². The predicted octanol–water partition coefficient (Wildman–Crippen LogP) is 3.10. The topological polar surface area (TPSA) is 39.1 Å². The highest BCUT2D eigenvalue weighted by atomic mass is 35.5. The van der Waals surface area contributed by atoms with Crippen molar-refractivity contribution in [3.8, 4) is 5.75 Å². The molecule has 0 atom stereocenters. The number of aryl methyl sites for hydroxylation is 1. The summed E-state index contributed by atoms with van der Waals surface area (Å²) in [6.07, 6.45) is 2.75. The van der Waals surface area contributed by atoms with E-state index in [0.29, 0.717) is 6.54 Å². The van der Waals surface area contributed by atoms with E-state index in [1.807, 2.05) is 29.1 Å². The molecular formula is C14H16ClN3O. The van der Waals surface area contributed by atoms with E-state index in [9.17, 15) is 0 Å². The molecule has 2 heterocycles. The highest BCUT2D eigenvalue weighted by Crippen LogP contribution is 2.36. The zero-order valence-electron chi connectivity index (χ0n) is 10.8. The summed E-state index contributed by atoms with van der Waals surface area (Å²) in [4.78, 5) is 0. The molecule has 0 saturated heterocycles. The highest BCUT2D eigenvalue weighted by molar-refractivity contribution is 6.31. The first-order chi connectivity index (χ1) is 9.28. The minimum absolute atomic E-state index is 0.712. The fraction of sp³-hybridized carbons (Fsp3) is 0.357. The third-order valence-electron chi connectivity index (χ3n) is 3.31. The quantitative estimate of drug-likeness (QED) is 0.933. The van der Waals surface area contributed by atoms with Crippen LogP contribution in [-0.2, 0) is 19.5 Å². The van der Waals surface area contributed by atoms with Gasteiger partial charge < -0.3 is 10.1 Å². The Morgan fingerprint density at radius 2 is 2.37 bits per heavy atom. The van der Waals surface area contributed by atoms with E-state index in [2.05, 4.69) is 17.3 Å². The second-order valence-corrected chi connectivity index (χ2v) is 4.97. The second kappa shape index (κ2) is 5.13. The minimum Gasteiger partial charge on any atom is -0.491 e. The zero-order valence-corrected chi connectivity index (χ0v) is 11.6. The maximum absolute atomic E-state index is 6.13. The Labute approximate surface area is 117 Å². The molecule has 0 radical (unpaired) electrons. The summed E-state index contributed by atoms with van der Waals surface area (Å²) in [6.45, 7) is 4.39. The summed E-state index contributed by atoms with van der Waals surface area (Å²) in [7, 11) is 0. The van der Waals surface area contributed by atoms with E-state index < -0.39 is 0 Å². The van der Waals surface area contributed by atoms with Gasteiger partial charge in [-0.1, -0.05) is 11.6 Å². The molecule has 19 heavy (non-hydrogen) atoms. The van der Waals surface area contributed by atoms with Gasteiger partial charge in [-0.2, -0.15) is 5.10 Å².